The van der Waals surface area contributed by atoms with Gasteiger partial charge in [0.1, 0.15) is 5.60 Å². The first kappa shape index (κ1) is 16.2. The van der Waals surface area contributed by atoms with Crippen LogP contribution in [-0.2, 0) is 27.3 Å². The minimum atomic E-state index is -0.544. The van der Waals surface area contributed by atoms with Gasteiger partial charge in [0, 0.05) is 46.7 Å². The molecule has 1 aromatic heterocycles. The summed E-state index contributed by atoms with van der Waals surface area (Å²) in [7, 11) is 0. The van der Waals surface area contributed by atoms with Crippen LogP contribution in [0.1, 0.15) is 43.4 Å². The van der Waals surface area contributed by atoms with E-state index in [4.69, 9.17) is 16.3 Å². The third kappa shape index (κ3) is 2.37. The van der Waals surface area contributed by atoms with Crippen molar-refractivity contribution in [1.82, 2.24) is 9.88 Å². The summed E-state index contributed by atoms with van der Waals surface area (Å²) >= 11 is 6.17. The molecule has 1 saturated carbocycles. The summed E-state index contributed by atoms with van der Waals surface area (Å²) in [5.41, 5.74) is 2.84. The zero-order valence-corrected chi connectivity index (χ0v) is 15.3. The van der Waals surface area contributed by atoms with Crippen LogP contribution in [0.15, 0.2) is 18.2 Å². The average molecular weight is 373 g/mol. The van der Waals surface area contributed by atoms with Gasteiger partial charge in [0.15, 0.2) is 0 Å². The van der Waals surface area contributed by atoms with Crippen molar-refractivity contribution in [3.05, 3.63) is 34.5 Å². The summed E-state index contributed by atoms with van der Waals surface area (Å²) in [4.78, 5) is 30.6. The minimum Gasteiger partial charge on any atom is -0.458 e. The Balaban J connectivity index is 1.45. The molecule has 5 rings (SSSR count). The predicted octanol–water partition coefficient (Wildman–Crippen LogP) is 3.58. The molecule has 3 aliphatic rings. The lowest BCUT2D eigenvalue weighted by Crippen LogP contribution is -2.46. The molecule has 3 heterocycles. The lowest BCUT2D eigenvalue weighted by Gasteiger charge is -2.34. The molecule has 136 valence electrons. The van der Waals surface area contributed by atoms with Gasteiger partial charge in [0.05, 0.1) is 12.3 Å². The maximum Gasteiger partial charge on any atom is 0.307 e. The summed E-state index contributed by atoms with van der Waals surface area (Å²) in [5, 5.41) is 1.78. The van der Waals surface area contributed by atoms with Gasteiger partial charge in [0.2, 0.25) is 5.91 Å². The number of halogens is 1. The average Bonchev–Trinajstić information content (AvgIpc) is 3.32. The van der Waals surface area contributed by atoms with Gasteiger partial charge in [-0.05, 0) is 43.9 Å². The second-order valence-electron chi connectivity index (χ2n) is 7.78. The second kappa shape index (κ2) is 5.74. The Morgan fingerprint density at radius 2 is 2.12 bits per heavy atom. The molecule has 2 aromatic rings. The topological polar surface area (TPSA) is 62.4 Å². The van der Waals surface area contributed by atoms with E-state index >= 15 is 0 Å². The van der Waals surface area contributed by atoms with E-state index in [1.807, 2.05) is 23.1 Å². The van der Waals surface area contributed by atoms with Gasteiger partial charge in [0.25, 0.3) is 0 Å². The first-order valence-corrected chi connectivity index (χ1v) is 9.73. The SMILES string of the molecule is O=C1C[C@@H](C(=O)N2CCc3[nH]c4ccc(Cl)cc4c3C2)C2(CCCC2)O1. The van der Waals surface area contributed by atoms with Crippen molar-refractivity contribution in [3.63, 3.8) is 0 Å². The molecule has 1 aliphatic carbocycles. The molecule has 1 aromatic carbocycles. The molecule has 1 atom stereocenters. The summed E-state index contributed by atoms with van der Waals surface area (Å²) < 4.78 is 5.66. The Morgan fingerprint density at radius 1 is 1.31 bits per heavy atom. The van der Waals surface area contributed by atoms with Crippen LogP contribution in [0.25, 0.3) is 10.9 Å². The van der Waals surface area contributed by atoms with Crippen molar-refractivity contribution >= 4 is 34.4 Å². The number of nitrogens with one attached hydrogen (secondary N) is 1. The molecule has 0 unspecified atom stereocenters. The number of rotatable bonds is 1. The highest BCUT2D eigenvalue weighted by Crippen LogP contribution is 2.46. The third-order valence-electron chi connectivity index (χ3n) is 6.32. The monoisotopic (exact) mass is 372 g/mol. The number of aromatic nitrogens is 1. The zero-order chi connectivity index (χ0) is 17.9. The molecule has 1 N–H and O–H groups in total. The van der Waals surface area contributed by atoms with Crippen LogP contribution in [0.3, 0.4) is 0 Å². The smallest absolute Gasteiger partial charge is 0.307 e. The van der Waals surface area contributed by atoms with Gasteiger partial charge in [-0.25, -0.2) is 0 Å². The number of nitrogens with zero attached hydrogens (tertiary/aromatic N) is 1. The molecule has 2 aliphatic heterocycles. The van der Waals surface area contributed by atoms with E-state index in [1.54, 1.807) is 0 Å². The number of carbonyl (C=O) groups is 2. The number of ether oxygens (including phenoxy) is 1. The van der Waals surface area contributed by atoms with Gasteiger partial charge in [-0.15, -0.1) is 0 Å². The van der Waals surface area contributed by atoms with E-state index in [0.717, 1.165) is 48.6 Å². The fraction of sp³-hybridized carbons (Fsp3) is 0.500. The van der Waals surface area contributed by atoms with E-state index in [2.05, 4.69) is 4.98 Å². The van der Waals surface area contributed by atoms with Gasteiger partial charge < -0.3 is 14.6 Å². The molecule has 1 saturated heterocycles. The molecular weight excluding hydrogens is 352 g/mol. The summed E-state index contributed by atoms with van der Waals surface area (Å²) in [5.74, 6) is -0.477. The van der Waals surface area contributed by atoms with E-state index in [1.165, 1.54) is 5.69 Å². The van der Waals surface area contributed by atoms with E-state index in [9.17, 15) is 9.59 Å². The number of benzene rings is 1. The molecule has 5 nitrogen and oxygen atoms in total. The number of hydrogen-bond donors (Lipinski definition) is 1. The molecule has 0 radical (unpaired) electrons. The molecule has 26 heavy (non-hydrogen) atoms. The molecule has 6 heteroatoms. The lowest BCUT2D eigenvalue weighted by atomic mass is 9.84. The molecule has 1 spiro atoms. The van der Waals surface area contributed by atoms with Crippen molar-refractivity contribution < 1.29 is 14.3 Å². The van der Waals surface area contributed by atoms with Crippen LogP contribution in [0.5, 0.6) is 0 Å². The van der Waals surface area contributed by atoms with Gasteiger partial charge in [-0.2, -0.15) is 0 Å². The fourth-order valence-corrected chi connectivity index (χ4v) is 5.20. The van der Waals surface area contributed by atoms with E-state index < -0.39 is 5.60 Å². The van der Waals surface area contributed by atoms with Crippen LogP contribution in [0, 0.1) is 5.92 Å². The first-order valence-electron chi connectivity index (χ1n) is 9.35. The largest absolute Gasteiger partial charge is 0.458 e. The number of fused-ring (bicyclic) bond motifs is 3. The Bertz CT molecular complexity index is 913. The van der Waals surface area contributed by atoms with Crippen LogP contribution in [0.4, 0.5) is 0 Å². The molecule has 1 amide bonds. The molecule has 2 fully saturated rings. The number of H-pyrrole nitrogens is 1. The number of amides is 1. The standard InChI is InChI=1S/C20H21ClN2O3/c21-12-3-4-16-13(9-12)14-11-23(8-5-17(14)22-16)19(25)15-10-18(24)26-20(15)6-1-2-7-20/h3-4,9,15,22H,1-2,5-8,10-11H2/t15-/m0/s1. The summed E-state index contributed by atoms with van der Waals surface area (Å²) in [6, 6.07) is 5.82. The second-order valence-corrected chi connectivity index (χ2v) is 8.22. The Kier molecular flexibility index (Phi) is 3.58. The van der Waals surface area contributed by atoms with Crippen LogP contribution < -0.4 is 0 Å². The lowest BCUT2D eigenvalue weighted by molar-refractivity contribution is -0.151. The highest BCUT2D eigenvalue weighted by atomic mass is 35.5. The van der Waals surface area contributed by atoms with Gasteiger partial charge in [-0.1, -0.05) is 11.6 Å². The predicted molar refractivity (Wildman–Crippen MR) is 97.8 cm³/mol. The van der Waals surface area contributed by atoms with Crippen LogP contribution in [0.2, 0.25) is 5.02 Å². The molecular formula is C20H21ClN2O3. The van der Waals surface area contributed by atoms with Crippen LogP contribution >= 0.6 is 11.6 Å². The molecule has 0 bridgehead atoms. The number of esters is 1. The summed E-state index contributed by atoms with van der Waals surface area (Å²) in [6.45, 7) is 1.24. The van der Waals surface area contributed by atoms with Gasteiger partial charge >= 0.3 is 5.97 Å². The van der Waals surface area contributed by atoms with Gasteiger partial charge in [-0.3, -0.25) is 9.59 Å². The Labute approximate surface area is 156 Å². The number of carbonyl (C=O) groups excluding carboxylic acids is 2. The van der Waals surface area contributed by atoms with Crippen molar-refractivity contribution in [2.45, 2.75) is 50.7 Å². The summed E-state index contributed by atoms with van der Waals surface area (Å²) in [6.07, 6.45) is 4.71. The minimum absolute atomic E-state index is 0.0692. The van der Waals surface area contributed by atoms with Crippen molar-refractivity contribution in [2.24, 2.45) is 5.92 Å². The maximum absolute atomic E-state index is 13.3. The first-order chi connectivity index (χ1) is 12.6. The highest BCUT2D eigenvalue weighted by Gasteiger charge is 2.55. The Morgan fingerprint density at radius 3 is 2.92 bits per heavy atom. The van der Waals surface area contributed by atoms with E-state index in [0.29, 0.717) is 18.1 Å². The van der Waals surface area contributed by atoms with E-state index in [-0.39, 0.29) is 24.2 Å². The van der Waals surface area contributed by atoms with Crippen molar-refractivity contribution in [3.8, 4) is 0 Å². The van der Waals surface area contributed by atoms with Crippen LogP contribution in [-0.4, -0.2) is 33.9 Å². The number of aromatic amines is 1. The quantitative estimate of drug-likeness (QED) is 0.778. The zero-order valence-electron chi connectivity index (χ0n) is 14.5. The maximum atomic E-state index is 13.3. The van der Waals surface area contributed by atoms with Crippen molar-refractivity contribution in [1.29, 1.82) is 0 Å². The fourth-order valence-electron chi connectivity index (χ4n) is 5.02. The highest BCUT2D eigenvalue weighted by molar-refractivity contribution is 6.31. The third-order valence-corrected chi connectivity index (χ3v) is 6.55. The number of hydrogen-bond acceptors (Lipinski definition) is 3. The normalized spacial score (nSPS) is 24.3. The Hall–Kier alpha value is -2.01. The van der Waals surface area contributed by atoms with Crippen molar-refractivity contribution in [2.75, 3.05) is 6.54 Å².